The Hall–Kier alpha value is -2.35. The molecule has 0 aliphatic carbocycles. The van der Waals surface area contributed by atoms with Crippen molar-refractivity contribution in [2.24, 2.45) is 12.9 Å². The van der Waals surface area contributed by atoms with Crippen molar-refractivity contribution in [1.29, 1.82) is 0 Å². The molecule has 96 valence electrons. The van der Waals surface area contributed by atoms with Crippen LogP contribution in [0.1, 0.15) is 5.69 Å². The minimum Gasteiger partial charge on any atom is -0.369 e. The van der Waals surface area contributed by atoms with Crippen LogP contribution < -0.4 is 22.3 Å². The van der Waals surface area contributed by atoms with E-state index >= 15 is 0 Å². The molecule has 8 heteroatoms. The average Bonchev–Trinajstić information content (AvgIpc) is 2.74. The van der Waals surface area contributed by atoms with Gasteiger partial charge in [0.2, 0.25) is 5.95 Å². The van der Waals surface area contributed by atoms with Gasteiger partial charge in [-0.25, -0.2) is 5.84 Å². The molecule has 18 heavy (non-hydrogen) atoms. The number of nitrogen functional groups attached to an aromatic ring is 2. The summed E-state index contributed by atoms with van der Waals surface area (Å²) < 4.78 is 1.77. The number of hydrazine groups is 1. The fraction of sp³-hybridized carbons (Fsp3) is 0.300. The first kappa shape index (κ1) is 12.1. The summed E-state index contributed by atoms with van der Waals surface area (Å²) >= 11 is 0. The van der Waals surface area contributed by atoms with Gasteiger partial charge in [-0.05, 0) is 6.07 Å². The minimum absolute atomic E-state index is 0.172. The van der Waals surface area contributed by atoms with Crippen molar-refractivity contribution in [3.8, 4) is 0 Å². The second-order valence-electron chi connectivity index (χ2n) is 3.80. The third-order valence-corrected chi connectivity index (χ3v) is 2.35. The molecule has 0 saturated carbocycles. The molecule has 0 spiro atoms. The molecule has 2 aromatic rings. The Morgan fingerprint density at radius 3 is 2.78 bits per heavy atom. The minimum atomic E-state index is 0.172. The van der Waals surface area contributed by atoms with Gasteiger partial charge in [0.05, 0.1) is 5.69 Å². The van der Waals surface area contributed by atoms with E-state index in [1.165, 1.54) is 0 Å². The van der Waals surface area contributed by atoms with Crippen molar-refractivity contribution in [3.05, 3.63) is 24.0 Å². The quantitative estimate of drug-likeness (QED) is 0.424. The summed E-state index contributed by atoms with van der Waals surface area (Å²) in [6.07, 6.45) is 2.71. The van der Waals surface area contributed by atoms with Crippen LogP contribution >= 0.6 is 0 Å². The van der Waals surface area contributed by atoms with Gasteiger partial charge < -0.3 is 16.5 Å². The van der Waals surface area contributed by atoms with Gasteiger partial charge in [-0.1, -0.05) is 0 Å². The van der Waals surface area contributed by atoms with Crippen LogP contribution in [0, 0.1) is 0 Å². The third-order valence-electron chi connectivity index (χ3n) is 2.35. The maximum atomic E-state index is 5.55. The van der Waals surface area contributed by atoms with Gasteiger partial charge in [-0.2, -0.15) is 15.1 Å². The van der Waals surface area contributed by atoms with Crippen LogP contribution in [-0.2, 0) is 13.5 Å². The molecule has 2 aromatic heterocycles. The summed E-state index contributed by atoms with van der Waals surface area (Å²) in [6.45, 7) is 0.706. The van der Waals surface area contributed by atoms with Crippen LogP contribution in [0.2, 0.25) is 0 Å². The molecular weight excluding hydrogens is 232 g/mol. The molecule has 2 rings (SSSR count). The monoisotopic (exact) mass is 248 g/mol. The molecule has 0 aliphatic rings. The molecule has 0 unspecified atom stereocenters. The number of hydrogen-bond donors (Lipinski definition) is 4. The van der Waals surface area contributed by atoms with Gasteiger partial charge in [0, 0.05) is 32.3 Å². The van der Waals surface area contributed by atoms with Crippen molar-refractivity contribution in [1.82, 2.24) is 19.7 Å². The van der Waals surface area contributed by atoms with Crippen LogP contribution in [-0.4, -0.2) is 26.3 Å². The van der Waals surface area contributed by atoms with E-state index in [1.54, 1.807) is 10.7 Å². The predicted octanol–water partition coefficient (Wildman–Crippen LogP) is -0.267. The standard InChI is InChI=1S/C10H16N8/c1-18-5-3-7(17-18)2-4-13-8-6-9(16-12)15-10(11)14-8/h3,5-6H,2,4,12H2,1H3,(H4,11,13,14,15,16). The second-order valence-corrected chi connectivity index (χ2v) is 3.80. The zero-order chi connectivity index (χ0) is 13.0. The fourth-order valence-electron chi connectivity index (χ4n) is 1.55. The number of nitrogens with one attached hydrogen (secondary N) is 2. The molecule has 0 atom stereocenters. The first-order valence-electron chi connectivity index (χ1n) is 5.51. The Kier molecular flexibility index (Phi) is 3.58. The largest absolute Gasteiger partial charge is 0.369 e. The highest BCUT2D eigenvalue weighted by Gasteiger charge is 2.01. The van der Waals surface area contributed by atoms with Crippen LogP contribution in [0.15, 0.2) is 18.3 Å². The lowest BCUT2D eigenvalue weighted by Gasteiger charge is -2.07. The van der Waals surface area contributed by atoms with E-state index in [2.05, 4.69) is 25.8 Å². The zero-order valence-electron chi connectivity index (χ0n) is 10.1. The van der Waals surface area contributed by atoms with E-state index in [0.29, 0.717) is 18.2 Å². The highest BCUT2D eigenvalue weighted by atomic mass is 15.3. The van der Waals surface area contributed by atoms with E-state index in [9.17, 15) is 0 Å². The summed E-state index contributed by atoms with van der Waals surface area (Å²) in [5.74, 6) is 6.55. The summed E-state index contributed by atoms with van der Waals surface area (Å²) in [5.41, 5.74) is 9.00. The van der Waals surface area contributed by atoms with Crippen molar-refractivity contribution in [3.63, 3.8) is 0 Å². The molecule has 0 saturated heterocycles. The summed E-state index contributed by atoms with van der Waals surface area (Å²) in [7, 11) is 1.89. The summed E-state index contributed by atoms with van der Waals surface area (Å²) in [6, 6.07) is 3.66. The Morgan fingerprint density at radius 2 is 2.11 bits per heavy atom. The average molecular weight is 248 g/mol. The number of aryl methyl sites for hydroxylation is 1. The number of aromatic nitrogens is 4. The van der Waals surface area contributed by atoms with Gasteiger partial charge in [0.25, 0.3) is 0 Å². The Labute approximate surface area is 104 Å². The Morgan fingerprint density at radius 1 is 1.33 bits per heavy atom. The second kappa shape index (κ2) is 5.32. The summed E-state index contributed by atoms with van der Waals surface area (Å²) in [5, 5.41) is 7.42. The number of nitrogens with zero attached hydrogens (tertiary/aromatic N) is 4. The van der Waals surface area contributed by atoms with Crippen LogP contribution in [0.5, 0.6) is 0 Å². The topological polar surface area (TPSA) is 120 Å². The number of nitrogens with two attached hydrogens (primary N) is 2. The van der Waals surface area contributed by atoms with Crippen LogP contribution in [0.4, 0.5) is 17.6 Å². The van der Waals surface area contributed by atoms with Gasteiger partial charge in [-0.3, -0.25) is 4.68 Å². The molecule has 0 bridgehead atoms. The van der Waals surface area contributed by atoms with Crippen molar-refractivity contribution >= 4 is 17.6 Å². The highest BCUT2D eigenvalue weighted by Crippen LogP contribution is 2.11. The zero-order valence-corrected chi connectivity index (χ0v) is 10.1. The van der Waals surface area contributed by atoms with E-state index < -0.39 is 0 Å². The molecule has 0 amide bonds. The third kappa shape index (κ3) is 3.08. The first-order chi connectivity index (χ1) is 8.67. The molecule has 0 aliphatic heterocycles. The van der Waals surface area contributed by atoms with E-state index in [-0.39, 0.29) is 5.95 Å². The number of anilines is 3. The smallest absolute Gasteiger partial charge is 0.223 e. The van der Waals surface area contributed by atoms with Gasteiger partial charge in [-0.15, -0.1) is 0 Å². The van der Waals surface area contributed by atoms with E-state index in [0.717, 1.165) is 12.1 Å². The van der Waals surface area contributed by atoms with E-state index in [4.69, 9.17) is 11.6 Å². The maximum Gasteiger partial charge on any atom is 0.223 e. The number of rotatable bonds is 5. The first-order valence-corrected chi connectivity index (χ1v) is 5.51. The molecule has 0 fully saturated rings. The lowest BCUT2D eigenvalue weighted by molar-refractivity contribution is 0.742. The fourth-order valence-corrected chi connectivity index (χ4v) is 1.55. The van der Waals surface area contributed by atoms with Gasteiger partial charge >= 0.3 is 0 Å². The normalized spacial score (nSPS) is 10.3. The highest BCUT2D eigenvalue weighted by molar-refractivity contribution is 5.50. The molecule has 8 nitrogen and oxygen atoms in total. The summed E-state index contributed by atoms with van der Waals surface area (Å²) in [4.78, 5) is 7.95. The molecule has 0 aromatic carbocycles. The van der Waals surface area contributed by atoms with Crippen molar-refractivity contribution in [2.75, 3.05) is 23.0 Å². The molecule has 6 N–H and O–H groups in total. The van der Waals surface area contributed by atoms with Crippen molar-refractivity contribution < 1.29 is 0 Å². The van der Waals surface area contributed by atoms with Crippen LogP contribution in [0.3, 0.4) is 0 Å². The lowest BCUT2D eigenvalue weighted by Crippen LogP contribution is -2.13. The van der Waals surface area contributed by atoms with Crippen molar-refractivity contribution in [2.45, 2.75) is 6.42 Å². The number of hydrogen-bond acceptors (Lipinski definition) is 7. The Bertz CT molecular complexity index is 520. The SMILES string of the molecule is Cn1ccc(CCNc2cc(NN)nc(N)n2)n1. The lowest BCUT2D eigenvalue weighted by atomic mass is 10.3. The predicted molar refractivity (Wildman–Crippen MR) is 69.7 cm³/mol. The van der Waals surface area contributed by atoms with Gasteiger partial charge in [0.15, 0.2) is 0 Å². The van der Waals surface area contributed by atoms with Crippen LogP contribution in [0.25, 0.3) is 0 Å². The van der Waals surface area contributed by atoms with E-state index in [1.807, 2.05) is 19.3 Å². The maximum absolute atomic E-state index is 5.55. The molecule has 0 radical (unpaired) electrons. The molecular formula is C10H16N8. The molecule has 2 heterocycles. The Balaban J connectivity index is 1.91. The van der Waals surface area contributed by atoms with Gasteiger partial charge in [0.1, 0.15) is 11.6 Å².